The second kappa shape index (κ2) is 16.4. The number of nitrogens with zero attached hydrogens (tertiary/aromatic N) is 3. The third-order valence-electron chi connectivity index (χ3n) is 5.20. The van der Waals surface area contributed by atoms with Crippen LogP contribution in [-0.4, -0.2) is 88.8 Å². The highest BCUT2D eigenvalue weighted by molar-refractivity contribution is 5.70. The van der Waals surface area contributed by atoms with Gasteiger partial charge in [0, 0.05) is 45.0 Å². The van der Waals surface area contributed by atoms with E-state index in [0.717, 1.165) is 27.8 Å². The molecule has 0 saturated carbocycles. The van der Waals surface area contributed by atoms with Gasteiger partial charge in [-0.05, 0) is 17.7 Å². The van der Waals surface area contributed by atoms with Gasteiger partial charge in [0.15, 0.2) is 19.3 Å². The maximum atomic E-state index is 12.0. The molecule has 1 aliphatic rings. The van der Waals surface area contributed by atoms with Gasteiger partial charge in [0.05, 0.1) is 0 Å². The molecule has 1 aromatic heterocycles. The largest absolute Gasteiger partial charge is 0.463 e. The maximum Gasteiger partial charge on any atom is 0.419 e. The van der Waals surface area contributed by atoms with Crippen molar-refractivity contribution in [3.05, 3.63) is 58.7 Å². The molecule has 0 bridgehead atoms. The Bertz CT molecular complexity index is 1260. The molecule has 2 aromatic rings. The van der Waals surface area contributed by atoms with Crippen LogP contribution in [0.25, 0.3) is 0 Å². The molecule has 43 heavy (non-hydrogen) atoms. The number of benzene rings is 1. The zero-order valence-electron chi connectivity index (χ0n) is 23.9. The van der Waals surface area contributed by atoms with Gasteiger partial charge in [-0.25, -0.2) is 14.3 Å². The molecule has 0 radical (unpaired) electrons. The minimum absolute atomic E-state index is 0.0314. The molecule has 0 N–H and O–H groups in total. The zero-order chi connectivity index (χ0) is 32.1. The van der Waals surface area contributed by atoms with Crippen molar-refractivity contribution >= 4 is 30.0 Å². The standard InChI is InChI=1S/C25H28N2O12.CH3NO2/c1-14(28)33-12-20-21(35-15(2)29)22(36-16(3)30)23(37-17(4)31)24(39-20)38-19-7-5-18(6-8-19)11-34-25(32)27-10-9-26-13-27;1-2(3)4/h5-10,13,20-24H,11-12H2,1-4H3;1H3/t20?,21-,22?,23+,24-;/m1./s1. The number of nitro groups is 1. The number of hydrogen-bond acceptors (Lipinski definition) is 15. The molecule has 17 nitrogen and oxygen atoms in total. The summed E-state index contributed by atoms with van der Waals surface area (Å²) in [7, 11) is 0.889. The summed E-state index contributed by atoms with van der Waals surface area (Å²) in [5, 5.41) is 8.81. The van der Waals surface area contributed by atoms with Gasteiger partial charge in [-0.2, -0.15) is 0 Å². The minimum Gasteiger partial charge on any atom is -0.463 e. The Labute approximate surface area is 245 Å². The molecule has 0 aliphatic carbocycles. The highest BCUT2D eigenvalue weighted by Crippen LogP contribution is 2.31. The molecule has 17 heteroatoms. The number of hydrogen-bond donors (Lipinski definition) is 0. The van der Waals surface area contributed by atoms with Crippen LogP contribution < -0.4 is 4.74 Å². The van der Waals surface area contributed by atoms with Gasteiger partial charge in [-0.15, -0.1) is 0 Å². The molecule has 5 atom stereocenters. The quantitative estimate of drug-likeness (QED) is 0.170. The third kappa shape index (κ3) is 11.8. The Morgan fingerprint density at radius 3 is 1.95 bits per heavy atom. The Balaban J connectivity index is 0.00000151. The van der Waals surface area contributed by atoms with Crippen molar-refractivity contribution in [2.24, 2.45) is 0 Å². The van der Waals surface area contributed by atoms with Crippen LogP contribution in [0.15, 0.2) is 43.0 Å². The van der Waals surface area contributed by atoms with Crippen molar-refractivity contribution in [3.63, 3.8) is 0 Å². The molecule has 234 valence electrons. The van der Waals surface area contributed by atoms with E-state index in [1.54, 1.807) is 24.3 Å². The molecule has 0 spiro atoms. The molecule has 2 unspecified atom stereocenters. The van der Waals surface area contributed by atoms with Crippen molar-refractivity contribution in [2.75, 3.05) is 13.7 Å². The first-order valence-corrected chi connectivity index (χ1v) is 12.6. The fraction of sp³-hybridized carbons (Fsp3) is 0.462. The molecule has 2 heterocycles. The number of carbonyl (C=O) groups excluding carboxylic acids is 5. The van der Waals surface area contributed by atoms with Crippen LogP contribution in [0, 0.1) is 10.1 Å². The summed E-state index contributed by atoms with van der Waals surface area (Å²) in [5.41, 5.74) is 0.636. The lowest BCUT2D eigenvalue weighted by Gasteiger charge is -2.43. The highest BCUT2D eigenvalue weighted by Gasteiger charge is 2.53. The van der Waals surface area contributed by atoms with Crippen LogP contribution in [0.3, 0.4) is 0 Å². The Hall–Kier alpha value is -5.06. The van der Waals surface area contributed by atoms with E-state index in [1.807, 2.05) is 0 Å². The van der Waals surface area contributed by atoms with E-state index in [9.17, 15) is 24.0 Å². The first-order valence-electron chi connectivity index (χ1n) is 12.6. The van der Waals surface area contributed by atoms with Crippen LogP contribution in [-0.2, 0) is 54.2 Å². The van der Waals surface area contributed by atoms with Gasteiger partial charge in [-0.1, -0.05) is 12.1 Å². The minimum atomic E-state index is -1.37. The van der Waals surface area contributed by atoms with Gasteiger partial charge in [0.25, 0.3) is 0 Å². The van der Waals surface area contributed by atoms with E-state index in [-0.39, 0.29) is 19.0 Å². The normalized spacial score (nSPS) is 20.7. The van der Waals surface area contributed by atoms with Crippen molar-refractivity contribution in [1.29, 1.82) is 0 Å². The van der Waals surface area contributed by atoms with Gasteiger partial charge in [0.1, 0.15) is 31.4 Å². The Kier molecular flexibility index (Phi) is 13.0. The van der Waals surface area contributed by atoms with Crippen LogP contribution >= 0.6 is 0 Å². The maximum absolute atomic E-state index is 12.0. The second-order valence-electron chi connectivity index (χ2n) is 8.79. The summed E-state index contributed by atoms with van der Waals surface area (Å²) < 4.78 is 39.3. The molecular formula is C26H31N3O14. The summed E-state index contributed by atoms with van der Waals surface area (Å²) in [6, 6.07) is 6.35. The Morgan fingerprint density at radius 1 is 0.884 bits per heavy atom. The van der Waals surface area contributed by atoms with Gasteiger partial charge >= 0.3 is 30.0 Å². The van der Waals surface area contributed by atoms with Crippen molar-refractivity contribution < 1.29 is 62.1 Å². The second-order valence-corrected chi connectivity index (χ2v) is 8.79. The molecule has 3 rings (SSSR count). The number of ether oxygens (including phenoxy) is 7. The fourth-order valence-electron chi connectivity index (χ4n) is 3.67. The molecule has 1 aliphatic heterocycles. The lowest BCUT2D eigenvalue weighted by molar-refractivity contribution is -0.445. The van der Waals surface area contributed by atoms with E-state index < -0.39 is 65.6 Å². The van der Waals surface area contributed by atoms with Crippen molar-refractivity contribution in [1.82, 2.24) is 9.55 Å². The molecule has 1 saturated heterocycles. The predicted octanol–water partition coefficient (Wildman–Crippen LogP) is 1.42. The number of imidazole rings is 1. The highest BCUT2D eigenvalue weighted by atomic mass is 16.7. The lowest BCUT2D eigenvalue weighted by atomic mass is 9.98. The summed E-state index contributed by atoms with van der Waals surface area (Å²) in [4.78, 5) is 71.2. The number of carbonyl (C=O) groups is 5. The first kappa shape index (κ1) is 34.1. The van der Waals surface area contributed by atoms with Crippen LogP contribution in [0.2, 0.25) is 0 Å². The summed E-state index contributed by atoms with van der Waals surface area (Å²) in [6.07, 6.45) is -2.90. The Morgan fingerprint density at radius 2 is 1.44 bits per heavy atom. The summed E-state index contributed by atoms with van der Waals surface area (Å²) in [5.74, 6) is -2.62. The van der Waals surface area contributed by atoms with Gasteiger partial charge < -0.3 is 33.2 Å². The van der Waals surface area contributed by atoms with E-state index in [4.69, 9.17) is 43.3 Å². The van der Waals surface area contributed by atoms with Crippen LogP contribution in [0.1, 0.15) is 33.3 Å². The number of rotatable bonds is 9. The van der Waals surface area contributed by atoms with E-state index in [0.29, 0.717) is 5.56 Å². The number of aromatic nitrogens is 2. The smallest absolute Gasteiger partial charge is 0.419 e. The summed E-state index contributed by atoms with van der Waals surface area (Å²) in [6.45, 7) is 4.16. The average Bonchev–Trinajstić information content (AvgIpc) is 3.44. The first-order chi connectivity index (χ1) is 20.3. The molecular weight excluding hydrogens is 578 g/mol. The van der Waals surface area contributed by atoms with E-state index in [2.05, 4.69) is 4.98 Å². The van der Waals surface area contributed by atoms with Gasteiger partial charge in [0.2, 0.25) is 12.4 Å². The molecule has 1 aromatic carbocycles. The predicted molar refractivity (Wildman–Crippen MR) is 140 cm³/mol. The monoisotopic (exact) mass is 609 g/mol. The van der Waals surface area contributed by atoms with Crippen molar-refractivity contribution in [2.45, 2.75) is 65.0 Å². The topological polar surface area (TPSA) is 211 Å². The fourth-order valence-corrected chi connectivity index (χ4v) is 3.67. The number of esters is 4. The lowest BCUT2D eigenvalue weighted by Crippen LogP contribution is -2.63. The SMILES string of the molecule is CC(=O)OCC1O[C@@H](Oc2ccc(COC(=O)n3ccnc3)cc2)[C@@H](OC(C)=O)C(OC(C)=O)[C@@H]1OC(C)=O.C[N+](=O)[O-]. The van der Waals surface area contributed by atoms with Crippen molar-refractivity contribution in [3.8, 4) is 5.75 Å². The van der Waals surface area contributed by atoms with Gasteiger partial charge in [-0.3, -0.25) is 29.3 Å². The third-order valence-corrected chi connectivity index (χ3v) is 5.20. The molecule has 1 fully saturated rings. The van der Waals surface area contributed by atoms with E-state index >= 15 is 0 Å². The van der Waals surface area contributed by atoms with Crippen LogP contribution in [0.4, 0.5) is 4.79 Å². The zero-order valence-corrected chi connectivity index (χ0v) is 23.9. The van der Waals surface area contributed by atoms with Crippen LogP contribution in [0.5, 0.6) is 5.75 Å². The summed E-state index contributed by atoms with van der Waals surface area (Å²) >= 11 is 0. The average molecular weight is 610 g/mol. The molecule has 0 amide bonds. The van der Waals surface area contributed by atoms with E-state index in [1.165, 1.54) is 30.2 Å².